The van der Waals surface area contributed by atoms with Crippen molar-refractivity contribution in [2.75, 3.05) is 31.2 Å². The molecule has 4 heterocycles. The summed E-state index contributed by atoms with van der Waals surface area (Å²) in [7, 11) is -4.32. The summed E-state index contributed by atoms with van der Waals surface area (Å²) < 4.78 is 41.9. The standard InChI is InChI=1S/C23H36N7O10P/c1-11(2)38-13(31)6-7-26-19(33)16-22(3,4)9-37-41(35,40-16)36-8-12-15(32)23(5,34)20(39-12)30-10-27-14-17(24)28-21(25)29-18(14)30/h10-12,15-16,20,32,34H,6-9H2,1-5H3,(H,26,33)(H4,24,25,28,29)/t12-,15?,16+,20-,23-,41?/m1/s1. The molecule has 2 saturated heterocycles. The zero-order valence-corrected chi connectivity index (χ0v) is 24.2. The van der Waals surface area contributed by atoms with Crippen molar-refractivity contribution in [1.82, 2.24) is 24.8 Å². The molecule has 0 saturated carbocycles. The smallest absolute Gasteiger partial charge is 0.463 e. The van der Waals surface area contributed by atoms with Gasteiger partial charge in [0.05, 0.1) is 32.1 Å². The zero-order valence-electron chi connectivity index (χ0n) is 23.3. The average molecular weight is 602 g/mol. The second-order valence-electron chi connectivity index (χ2n) is 11.1. The molecule has 2 aromatic heterocycles. The molecule has 2 aromatic rings. The van der Waals surface area contributed by atoms with Gasteiger partial charge in [-0.2, -0.15) is 9.97 Å². The number of phosphoric ester groups is 1. The number of anilines is 2. The Labute approximate surface area is 235 Å². The van der Waals surface area contributed by atoms with E-state index in [-0.39, 0.29) is 48.6 Å². The van der Waals surface area contributed by atoms with Gasteiger partial charge in [0.25, 0.3) is 0 Å². The summed E-state index contributed by atoms with van der Waals surface area (Å²) in [6.45, 7) is 7.40. The average Bonchev–Trinajstić information content (AvgIpc) is 3.37. The number of fused-ring (bicyclic) bond motifs is 1. The van der Waals surface area contributed by atoms with E-state index in [0.29, 0.717) is 0 Å². The second kappa shape index (κ2) is 11.4. The van der Waals surface area contributed by atoms with Crippen molar-refractivity contribution in [2.24, 2.45) is 5.41 Å². The number of aliphatic hydroxyl groups is 2. The topological polar surface area (TPSA) is 245 Å². The van der Waals surface area contributed by atoms with E-state index >= 15 is 0 Å². The molecule has 0 radical (unpaired) electrons. The van der Waals surface area contributed by atoms with Crippen molar-refractivity contribution < 1.29 is 47.4 Å². The lowest BCUT2D eigenvalue weighted by molar-refractivity contribution is -0.147. The third-order valence-electron chi connectivity index (χ3n) is 6.64. The summed E-state index contributed by atoms with van der Waals surface area (Å²) >= 11 is 0. The van der Waals surface area contributed by atoms with Gasteiger partial charge < -0.3 is 36.5 Å². The number of rotatable bonds is 9. The van der Waals surface area contributed by atoms with Crippen molar-refractivity contribution >= 4 is 42.6 Å². The van der Waals surface area contributed by atoms with Gasteiger partial charge in [-0.05, 0) is 20.8 Å². The quantitative estimate of drug-likeness (QED) is 0.188. The number of nitrogen functional groups attached to an aromatic ring is 2. The molecule has 0 bridgehead atoms. The van der Waals surface area contributed by atoms with E-state index in [4.69, 9.17) is 34.5 Å². The summed E-state index contributed by atoms with van der Waals surface area (Å²) in [4.78, 5) is 36.7. The third kappa shape index (κ3) is 6.45. The fourth-order valence-corrected chi connectivity index (χ4v) is 6.12. The minimum atomic E-state index is -4.32. The molecule has 228 valence electrons. The molecule has 4 rings (SSSR count). The monoisotopic (exact) mass is 601 g/mol. The van der Waals surface area contributed by atoms with Crippen LogP contribution in [0.4, 0.5) is 11.8 Å². The minimum absolute atomic E-state index is 0.0178. The molecule has 2 fully saturated rings. The highest BCUT2D eigenvalue weighted by Crippen LogP contribution is 2.57. The molecule has 2 aliphatic heterocycles. The Balaban J connectivity index is 1.42. The molecule has 18 heteroatoms. The highest BCUT2D eigenvalue weighted by Gasteiger charge is 2.55. The van der Waals surface area contributed by atoms with E-state index in [9.17, 15) is 24.4 Å². The Morgan fingerprint density at radius 1 is 1.29 bits per heavy atom. The predicted octanol–water partition coefficient (Wildman–Crippen LogP) is 0.0242. The molecule has 17 nitrogen and oxygen atoms in total. The maximum atomic E-state index is 13.3. The van der Waals surface area contributed by atoms with Crippen LogP contribution in [0.3, 0.4) is 0 Å². The molecule has 0 spiro atoms. The van der Waals surface area contributed by atoms with Gasteiger partial charge in [0.15, 0.2) is 23.8 Å². The highest BCUT2D eigenvalue weighted by atomic mass is 31.2. The molecule has 0 aliphatic carbocycles. The van der Waals surface area contributed by atoms with Crippen LogP contribution in [-0.4, -0.2) is 91.4 Å². The van der Waals surface area contributed by atoms with Gasteiger partial charge in [0, 0.05) is 12.0 Å². The number of aliphatic hydroxyl groups excluding tert-OH is 1. The lowest BCUT2D eigenvalue weighted by Crippen LogP contribution is -2.50. The largest absolute Gasteiger partial charge is 0.475 e. The van der Waals surface area contributed by atoms with Crippen LogP contribution in [0.25, 0.3) is 11.2 Å². The molecular weight excluding hydrogens is 565 g/mol. The Hall–Kier alpha value is -2.92. The lowest BCUT2D eigenvalue weighted by Gasteiger charge is -2.39. The number of nitrogens with one attached hydrogen (secondary N) is 1. The van der Waals surface area contributed by atoms with Gasteiger partial charge in [0.2, 0.25) is 11.9 Å². The number of hydrogen-bond donors (Lipinski definition) is 5. The normalized spacial score (nSPS) is 31.4. The number of carbonyl (C=O) groups is 2. The van der Waals surface area contributed by atoms with E-state index in [1.54, 1.807) is 27.7 Å². The maximum Gasteiger partial charge on any atom is 0.475 e. The predicted molar refractivity (Wildman–Crippen MR) is 142 cm³/mol. The first-order chi connectivity index (χ1) is 19.0. The van der Waals surface area contributed by atoms with Crippen LogP contribution in [-0.2, 0) is 37.2 Å². The number of imidazole rings is 1. The van der Waals surface area contributed by atoms with Gasteiger partial charge >= 0.3 is 13.8 Å². The SMILES string of the molecule is CC(C)OC(=O)CCNC(=O)[C@@H]1OP(=O)(OC[C@H]2O[C@@H](n3cnc4c(N)nc(N)nc43)[C@](C)(O)C2O)OCC1(C)C. The van der Waals surface area contributed by atoms with Gasteiger partial charge in [-0.15, -0.1) is 0 Å². The molecule has 2 unspecified atom stereocenters. The van der Waals surface area contributed by atoms with E-state index in [0.717, 1.165) is 0 Å². The Morgan fingerprint density at radius 2 is 2.00 bits per heavy atom. The van der Waals surface area contributed by atoms with Gasteiger partial charge in [0.1, 0.15) is 23.3 Å². The van der Waals surface area contributed by atoms with Gasteiger partial charge in [-0.3, -0.25) is 27.7 Å². The van der Waals surface area contributed by atoms with Crippen molar-refractivity contribution in [3.63, 3.8) is 0 Å². The van der Waals surface area contributed by atoms with E-state index in [1.807, 2.05) is 0 Å². The Bertz CT molecular complexity index is 1350. The Morgan fingerprint density at radius 3 is 2.68 bits per heavy atom. The number of ether oxygens (including phenoxy) is 2. The molecule has 7 N–H and O–H groups in total. The molecule has 0 aromatic carbocycles. The molecule has 6 atom stereocenters. The summed E-state index contributed by atoms with van der Waals surface area (Å²) in [5, 5.41) is 24.5. The zero-order chi connectivity index (χ0) is 30.3. The first kappa shape index (κ1) is 31.0. The maximum absolute atomic E-state index is 13.3. The summed E-state index contributed by atoms with van der Waals surface area (Å²) in [6, 6.07) is 0. The van der Waals surface area contributed by atoms with Crippen LogP contribution in [0.2, 0.25) is 0 Å². The van der Waals surface area contributed by atoms with Crippen molar-refractivity contribution in [2.45, 2.75) is 77.3 Å². The fourth-order valence-electron chi connectivity index (χ4n) is 4.47. The van der Waals surface area contributed by atoms with Crippen LogP contribution in [0.5, 0.6) is 0 Å². The van der Waals surface area contributed by atoms with Crippen molar-refractivity contribution in [3.05, 3.63) is 6.33 Å². The Kier molecular flexibility index (Phi) is 8.62. The van der Waals surface area contributed by atoms with Crippen molar-refractivity contribution in [1.29, 1.82) is 0 Å². The minimum Gasteiger partial charge on any atom is -0.463 e. The molecule has 2 aliphatic rings. The van der Waals surface area contributed by atoms with Crippen LogP contribution in [0.15, 0.2) is 6.33 Å². The van der Waals surface area contributed by atoms with Crippen LogP contribution >= 0.6 is 7.82 Å². The second-order valence-corrected chi connectivity index (χ2v) is 12.7. The number of amides is 1. The van der Waals surface area contributed by atoms with Crippen LogP contribution < -0.4 is 16.8 Å². The molecule has 1 amide bonds. The van der Waals surface area contributed by atoms with E-state index in [1.165, 1.54) is 17.8 Å². The summed E-state index contributed by atoms with van der Waals surface area (Å²) in [5.74, 6) is -1.21. The van der Waals surface area contributed by atoms with Crippen LogP contribution in [0.1, 0.15) is 47.3 Å². The number of carbonyl (C=O) groups excluding carboxylic acids is 2. The van der Waals surface area contributed by atoms with E-state index in [2.05, 4.69) is 20.3 Å². The first-order valence-corrected chi connectivity index (χ1v) is 14.4. The van der Waals surface area contributed by atoms with Crippen LogP contribution in [0, 0.1) is 5.41 Å². The number of nitrogens with zero attached hydrogens (tertiary/aromatic N) is 4. The molecular formula is C23H36N7O10P. The van der Waals surface area contributed by atoms with Crippen molar-refractivity contribution in [3.8, 4) is 0 Å². The van der Waals surface area contributed by atoms with Gasteiger partial charge in [-0.1, -0.05) is 13.8 Å². The third-order valence-corrected chi connectivity index (χ3v) is 8.02. The summed E-state index contributed by atoms with van der Waals surface area (Å²) in [5.41, 5.74) is 9.15. The van der Waals surface area contributed by atoms with Gasteiger partial charge in [-0.25, -0.2) is 9.55 Å². The number of esters is 1. The number of hydrogen-bond acceptors (Lipinski definition) is 15. The summed E-state index contributed by atoms with van der Waals surface area (Å²) in [6.07, 6.45) is -4.26. The number of phosphoric acid groups is 1. The van der Waals surface area contributed by atoms with E-state index < -0.39 is 61.9 Å². The fraction of sp³-hybridized carbons (Fsp3) is 0.696. The highest BCUT2D eigenvalue weighted by molar-refractivity contribution is 7.48. The lowest BCUT2D eigenvalue weighted by atomic mass is 9.87. The number of nitrogens with two attached hydrogens (primary N) is 2. The molecule has 41 heavy (non-hydrogen) atoms. The number of aromatic nitrogens is 4. The first-order valence-electron chi connectivity index (χ1n) is 12.9.